The van der Waals surface area contributed by atoms with Crippen LogP contribution < -0.4 is 28.4 Å². The second-order valence-corrected chi connectivity index (χ2v) is 35.5. The van der Waals surface area contributed by atoms with Crippen LogP contribution in [0.2, 0.25) is 0 Å². The molecule has 12 bridgehead atoms. The van der Waals surface area contributed by atoms with Crippen molar-refractivity contribution in [2.24, 2.45) is 0 Å². The van der Waals surface area contributed by atoms with Crippen molar-refractivity contribution < 1.29 is 28.4 Å². The van der Waals surface area contributed by atoms with E-state index in [9.17, 15) is 0 Å². The topological polar surface area (TPSA) is 55.4 Å². The highest BCUT2D eigenvalue weighted by molar-refractivity contribution is 5.63. The minimum atomic E-state index is -0.185. The Labute approximate surface area is 599 Å². The molecule has 1 aliphatic rings. The van der Waals surface area contributed by atoms with Crippen LogP contribution in [-0.4, -0.2) is 42.7 Å². The molecular weight excluding hydrogens is 1200 g/mol. The van der Waals surface area contributed by atoms with Gasteiger partial charge in [-0.2, -0.15) is 0 Å². The first-order chi connectivity index (χ1) is 46.1. The molecule has 0 radical (unpaired) electrons. The van der Waals surface area contributed by atoms with Crippen LogP contribution in [0.5, 0.6) is 34.5 Å². The van der Waals surface area contributed by atoms with E-state index in [0.29, 0.717) is 25.7 Å². The molecule has 7 rings (SSSR count). The van der Waals surface area contributed by atoms with Crippen LogP contribution in [0.25, 0.3) is 0 Å². The number of benzene rings is 6. The van der Waals surface area contributed by atoms with Crippen molar-refractivity contribution in [3.05, 3.63) is 173 Å². The maximum atomic E-state index is 7.02. The number of unbranched alkanes of at least 4 members (excludes halogenated alkanes) is 14. The average molecular weight is 1340 g/mol. The SMILES string of the molecule is CCCCCCCCCCC1c2cc(C(C)(C)C)cc(c2OC)Cc2cc(C(C)(C)C)cc(c2OC)Cc2cc(C(C)(C)C)cc(c2OC)C(CCCCCCCCCC)c2cc(C(C)(C)C)cc(c2OC)Cc2cc(C(C)(C)C)cc(c2OC)Cc2cc(C(C)(C)C)cc1c2OC. The van der Waals surface area contributed by atoms with E-state index in [1.54, 1.807) is 0 Å². The maximum Gasteiger partial charge on any atom is 0.126 e. The van der Waals surface area contributed by atoms with E-state index >= 15 is 0 Å². The van der Waals surface area contributed by atoms with E-state index < -0.39 is 0 Å². The van der Waals surface area contributed by atoms with Crippen LogP contribution in [0.15, 0.2) is 72.8 Å². The monoisotopic (exact) mass is 1340 g/mol. The van der Waals surface area contributed by atoms with Gasteiger partial charge in [0.15, 0.2) is 0 Å². The minimum Gasteiger partial charge on any atom is -0.496 e. The zero-order valence-corrected chi connectivity index (χ0v) is 67.1. The van der Waals surface area contributed by atoms with Gasteiger partial charge in [-0.1, -0.05) is 314 Å². The zero-order chi connectivity index (χ0) is 72.3. The molecule has 98 heavy (non-hydrogen) atoms. The third-order valence-corrected chi connectivity index (χ3v) is 21.4. The molecule has 6 aromatic carbocycles. The summed E-state index contributed by atoms with van der Waals surface area (Å²) in [6.45, 7) is 47.1. The van der Waals surface area contributed by atoms with Gasteiger partial charge in [0.25, 0.3) is 0 Å². The lowest BCUT2D eigenvalue weighted by atomic mass is 9.75. The van der Waals surface area contributed by atoms with Crippen LogP contribution in [0.4, 0.5) is 0 Å². The standard InChI is InChI=1S/C92H136O6/c1-27-29-31-33-35-37-39-41-43-75-77-57-71(89(9,10)11)53-65(83(77)95-23)45-61-49-69(87(3,4)5)51-63(81(61)93-21)47-67-55-73(91(15,16)17)59-79(85(67)97-25)76(44-42-40-38-36-34-32-30-28-2)80-60-74(92(18,19)20)56-68(86(80)98-26)48-64-52-70(88(6,7)8)50-62(82(64)94-22)46-66-54-72(90(12,13)14)58-78(75)84(66)96-24/h49-60,75-76H,27-48H2,1-26H3. The van der Waals surface area contributed by atoms with Crippen molar-refractivity contribution in [3.8, 4) is 34.5 Å². The number of methoxy groups -OCH3 is 6. The Hall–Kier alpha value is -5.88. The summed E-state index contributed by atoms with van der Waals surface area (Å²) in [7, 11) is 11.4. The molecule has 6 nitrogen and oxygen atoms in total. The smallest absolute Gasteiger partial charge is 0.126 e. The van der Waals surface area contributed by atoms with Crippen molar-refractivity contribution in [3.63, 3.8) is 0 Å². The first kappa shape index (κ1) is 79.4. The summed E-state index contributed by atoms with van der Waals surface area (Å²) in [4.78, 5) is 0. The van der Waals surface area contributed by atoms with Gasteiger partial charge < -0.3 is 28.4 Å². The lowest BCUT2D eigenvalue weighted by Crippen LogP contribution is -2.18. The van der Waals surface area contributed by atoms with Gasteiger partial charge in [0.2, 0.25) is 0 Å². The highest BCUT2D eigenvalue weighted by Crippen LogP contribution is 2.51. The van der Waals surface area contributed by atoms with Gasteiger partial charge in [0, 0.05) is 59.8 Å². The third kappa shape index (κ3) is 19.8. The summed E-state index contributed by atoms with van der Waals surface area (Å²) in [5.41, 5.74) is 20.7. The van der Waals surface area contributed by atoms with E-state index in [4.69, 9.17) is 28.4 Å². The molecule has 0 aromatic heterocycles. The quantitative estimate of drug-likeness (QED) is 0.0563. The second kappa shape index (κ2) is 33.7. The van der Waals surface area contributed by atoms with E-state index in [0.717, 1.165) is 105 Å². The Kier molecular flexibility index (Phi) is 27.3. The number of fused-ring (bicyclic) bond motifs is 12. The number of rotatable bonds is 24. The second-order valence-electron chi connectivity index (χ2n) is 35.5. The fourth-order valence-electron chi connectivity index (χ4n) is 15.3. The zero-order valence-electron chi connectivity index (χ0n) is 67.1. The Bertz CT molecular complexity index is 3160. The van der Waals surface area contributed by atoms with Crippen molar-refractivity contribution >= 4 is 0 Å². The van der Waals surface area contributed by atoms with Gasteiger partial charge >= 0.3 is 0 Å². The molecule has 0 amide bonds. The van der Waals surface area contributed by atoms with Crippen molar-refractivity contribution in [2.45, 2.75) is 324 Å². The molecule has 0 unspecified atom stereocenters. The summed E-state index contributed by atoms with van der Waals surface area (Å²) >= 11 is 0. The molecule has 0 atom stereocenters. The Morgan fingerprint density at radius 1 is 0.235 bits per heavy atom. The van der Waals surface area contributed by atoms with Gasteiger partial charge in [0.05, 0.1) is 42.7 Å². The van der Waals surface area contributed by atoms with E-state index in [-0.39, 0.29) is 44.3 Å². The van der Waals surface area contributed by atoms with Gasteiger partial charge in [-0.15, -0.1) is 0 Å². The van der Waals surface area contributed by atoms with Crippen molar-refractivity contribution in [2.75, 3.05) is 42.7 Å². The average Bonchev–Trinajstić information content (AvgIpc) is 0.745. The van der Waals surface area contributed by atoms with Gasteiger partial charge in [0.1, 0.15) is 34.5 Å². The molecule has 0 aliphatic heterocycles. The highest BCUT2D eigenvalue weighted by atomic mass is 16.5. The van der Waals surface area contributed by atoms with Gasteiger partial charge in [-0.05, 0) is 123 Å². The summed E-state index contributed by atoms with van der Waals surface area (Å²) in [5, 5.41) is 0. The molecule has 0 N–H and O–H groups in total. The van der Waals surface area contributed by atoms with Crippen LogP contribution >= 0.6 is 0 Å². The number of ether oxygens (including phenoxy) is 6. The molecule has 6 heteroatoms. The molecule has 1 aliphatic carbocycles. The largest absolute Gasteiger partial charge is 0.496 e. The first-order valence-electron chi connectivity index (χ1n) is 38.3. The molecular formula is C92H136O6. The number of hydrogen-bond acceptors (Lipinski definition) is 6. The minimum absolute atomic E-state index is 0.0581. The van der Waals surface area contributed by atoms with Gasteiger partial charge in [-0.25, -0.2) is 0 Å². The van der Waals surface area contributed by atoms with Crippen LogP contribution in [0, 0.1) is 0 Å². The third-order valence-electron chi connectivity index (χ3n) is 21.4. The Morgan fingerprint density at radius 2 is 0.398 bits per heavy atom. The Morgan fingerprint density at radius 3 is 0.571 bits per heavy atom. The highest BCUT2D eigenvalue weighted by Gasteiger charge is 2.35. The summed E-state index contributed by atoms with van der Waals surface area (Å²) in [6, 6.07) is 29.6. The fraction of sp³-hybridized carbons (Fsp3) is 0.609. The van der Waals surface area contributed by atoms with Crippen molar-refractivity contribution in [1.29, 1.82) is 0 Å². The maximum absolute atomic E-state index is 7.02. The van der Waals surface area contributed by atoms with Crippen molar-refractivity contribution in [1.82, 2.24) is 0 Å². The van der Waals surface area contributed by atoms with Crippen LogP contribution in [-0.2, 0) is 58.2 Å². The van der Waals surface area contributed by atoms with E-state index in [1.807, 2.05) is 42.7 Å². The fourth-order valence-corrected chi connectivity index (χ4v) is 15.3. The Balaban J connectivity index is 1.69. The normalized spacial score (nSPS) is 15.0. The summed E-state index contributed by atoms with van der Waals surface area (Å²) in [5.74, 6) is 5.47. The summed E-state index contributed by atoms with van der Waals surface area (Å²) in [6.07, 6.45) is 24.2. The van der Waals surface area contributed by atoms with E-state index in [1.165, 1.54) is 146 Å². The molecule has 0 saturated heterocycles. The molecule has 6 aromatic rings. The first-order valence-corrected chi connectivity index (χ1v) is 38.3. The number of hydrogen-bond donors (Lipinski definition) is 0. The molecule has 0 fully saturated rings. The van der Waals surface area contributed by atoms with Crippen LogP contribution in [0.3, 0.4) is 0 Å². The predicted molar refractivity (Wildman–Crippen MR) is 420 cm³/mol. The predicted octanol–water partition coefficient (Wildman–Crippen LogP) is 25.5. The van der Waals surface area contributed by atoms with E-state index in [2.05, 4.69) is 211 Å². The lowest BCUT2D eigenvalue weighted by Gasteiger charge is -2.32. The molecule has 0 spiro atoms. The lowest BCUT2D eigenvalue weighted by molar-refractivity contribution is 0.388. The molecule has 0 heterocycles. The van der Waals surface area contributed by atoms with Crippen LogP contribution in [0.1, 0.15) is 366 Å². The van der Waals surface area contributed by atoms with Gasteiger partial charge in [-0.3, -0.25) is 0 Å². The molecule has 0 saturated carbocycles. The molecule has 540 valence electrons. The summed E-state index contributed by atoms with van der Waals surface area (Å²) < 4.78 is 41.9.